The smallest absolute Gasteiger partial charge is 0.357 e. The number of hydrogen-bond acceptors (Lipinski definition) is 9. The Morgan fingerprint density at radius 1 is 1.23 bits per heavy atom. The molecule has 0 unspecified atom stereocenters. The maximum absolute atomic E-state index is 12.4. The Kier molecular flexibility index (Phi) is 5.74. The maximum Gasteiger partial charge on any atom is 0.357 e. The first kappa shape index (κ1) is 18.2. The van der Waals surface area contributed by atoms with Gasteiger partial charge in [-0.3, -0.25) is 10.1 Å². The first-order valence-electron chi connectivity index (χ1n) is 8.26. The van der Waals surface area contributed by atoms with Gasteiger partial charge in [0.15, 0.2) is 10.8 Å². The molecule has 1 aliphatic rings. The van der Waals surface area contributed by atoms with Gasteiger partial charge in [0, 0.05) is 37.6 Å². The zero-order valence-corrected chi connectivity index (χ0v) is 15.5. The molecule has 0 bridgehead atoms. The minimum Gasteiger partial charge on any atom is -0.461 e. The molecule has 1 N–H and O–H groups in total. The summed E-state index contributed by atoms with van der Waals surface area (Å²) in [6, 6.07) is 1.67. The van der Waals surface area contributed by atoms with Gasteiger partial charge >= 0.3 is 5.97 Å². The minimum atomic E-state index is -0.511. The van der Waals surface area contributed by atoms with E-state index in [0.29, 0.717) is 5.13 Å². The number of aromatic nitrogens is 3. The van der Waals surface area contributed by atoms with E-state index in [1.807, 2.05) is 0 Å². The molecular formula is C16H20N6O3S. The van der Waals surface area contributed by atoms with E-state index in [2.05, 4.69) is 37.1 Å². The van der Waals surface area contributed by atoms with E-state index in [-0.39, 0.29) is 18.0 Å². The van der Waals surface area contributed by atoms with Crippen LogP contribution in [0.1, 0.15) is 27.9 Å². The molecule has 10 heteroatoms. The van der Waals surface area contributed by atoms with Crippen LogP contribution in [-0.2, 0) is 4.74 Å². The lowest BCUT2D eigenvalue weighted by molar-refractivity contribution is 0.0520. The molecule has 26 heavy (non-hydrogen) atoms. The average molecular weight is 376 g/mol. The Hall–Kier alpha value is -2.59. The van der Waals surface area contributed by atoms with Crippen molar-refractivity contribution in [2.45, 2.75) is 6.92 Å². The lowest BCUT2D eigenvalue weighted by atomic mass is 10.3. The minimum absolute atomic E-state index is 0.174. The number of nitrogens with one attached hydrogen (secondary N) is 1. The number of nitrogens with zero attached hydrogens (tertiary/aromatic N) is 5. The van der Waals surface area contributed by atoms with E-state index in [1.165, 1.54) is 6.33 Å². The highest BCUT2D eigenvalue weighted by Crippen LogP contribution is 2.18. The summed E-state index contributed by atoms with van der Waals surface area (Å²) in [5, 5.41) is 4.52. The summed E-state index contributed by atoms with van der Waals surface area (Å²) >= 11 is 1.16. The summed E-state index contributed by atoms with van der Waals surface area (Å²) in [7, 11) is 2.08. The van der Waals surface area contributed by atoms with Crippen LogP contribution in [0.4, 0.5) is 10.9 Å². The van der Waals surface area contributed by atoms with Crippen molar-refractivity contribution in [3.63, 3.8) is 0 Å². The predicted molar refractivity (Wildman–Crippen MR) is 97.8 cm³/mol. The number of rotatable bonds is 5. The number of likely N-dealkylation sites (N-methyl/N-ethyl adjacent to an activating group) is 1. The molecule has 1 aliphatic heterocycles. The zero-order chi connectivity index (χ0) is 18.5. The molecule has 0 spiro atoms. The SMILES string of the molecule is CCOC(=O)c1csc(NC(=O)c2cc(N3CCN(C)CC3)ncn2)n1. The Morgan fingerprint density at radius 3 is 2.73 bits per heavy atom. The summed E-state index contributed by atoms with van der Waals surface area (Å²) < 4.78 is 4.88. The monoisotopic (exact) mass is 376 g/mol. The highest BCUT2D eigenvalue weighted by molar-refractivity contribution is 7.14. The molecular weight excluding hydrogens is 356 g/mol. The maximum atomic E-state index is 12.4. The van der Waals surface area contributed by atoms with Crippen LogP contribution in [0.15, 0.2) is 17.8 Å². The number of carbonyl (C=O) groups excluding carboxylic acids is 2. The number of esters is 1. The third-order valence-electron chi connectivity index (χ3n) is 3.92. The molecule has 0 atom stereocenters. The Balaban J connectivity index is 1.66. The van der Waals surface area contributed by atoms with Crippen molar-refractivity contribution in [1.29, 1.82) is 0 Å². The van der Waals surface area contributed by atoms with Crippen molar-refractivity contribution in [2.24, 2.45) is 0 Å². The largest absolute Gasteiger partial charge is 0.461 e. The number of carbonyl (C=O) groups is 2. The molecule has 0 aromatic carbocycles. The Labute approximate surface area is 155 Å². The van der Waals surface area contributed by atoms with Crippen molar-refractivity contribution in [1.82, 2.24) is 19.9 Å². The third-order valence-corrected chi connectivity index (χ3v) is 4.68. The highest BCUT2D eigenvalue weighted by atomic mass is 32.1. The Morgan fingerprint density at radius 2 is 2.00 bits per heavy atom. The lowest BCUT2D eigenvalue weighted by Gasteiger charge is -2.33. The molecule has 0 saturated carbocycles. The van der Waals surface area contributed by atoms with Crippen molar-refractivity contribution in [2.75, 3.05) is 50.1 Å². The second kappa shape index (κ2) is 8.19. The quantitative estimate of drug-likeness (QED) is 0.775. The van der Waals surface area contributed by atoms with Crippen LogP contribution in [0.3, 0.4) is 0 Å². The molecule has 2 aromatic heterocycles. The van der Waals surface area contributed by atoms with Crippen LogP contribution < -0.4 is 10.2 Å². The zero-order valence-electron chi connectivity index (χ0n) is 14.6. The summed E-state index contributed by atoms with van der Waals surface area (Å²) in [6.45, 7) is 5.59. The van der Waals surface area contributed by atoms with Crippen LogP contribution >= 0.6 is 11.3 Å². The number of amides is 1. The van der Waals surface area contributed by atoms with Crippen LogP contribution in [0.2, 0.25) is 0 Å². The summed E-state index contributed by atoms with van der Waals surface area (Å²) in [5.74, 6) is -0.180. The summed E-state index contributed by atoms with van der Waals surface area (Å²) in [6.07, 6.45) is 1.38. The fraction of sp³-hybridized carbons (Fsp3) is 0.438. The van der Waals surface area contributed by atoms with Gasteiger partial charge in [0.2, 0.25) is 0 Å². The van der Waals surface area contributed by atoms with E-state index >= 15 is 0 Å². The van der Waals surface area contributed by atoms with Gasteiger partial charge in [-0.15, -0.1) is 11.3 Å². The molecule has 0 radical (unpaired) electrons. The summed E-state index contributed by atoms with van der Waals surface area (Å²) in [4.78, 5) is 40.8. The fourth-order valence-electron chi connectivity index (χ4n) is 2.47. The van der Waals surface area contributed by atoms with Crippen LogP contribution in [0.25, 0.3) is 0 Å². The van der Waals surface area contributed by atoms with Gasteiger partial charge in [-0.2, -0.15) is 0 Å². The third kappa shape index (κ3) is 4.33. The van der Waals surface area contributed by atoms with Crippen molar-refractivity contribution >= 4 is 34.2 Å². The molecule has 0 aliphatic carbocycles. The van der Waals surface area contributed by atoms with E-state index in [4.69, 9.17) is 4.74 Å². The van der Waals surface area contributed by atoms with E-state index in [9.17, 15) is 9.59 Å². The van der Waals surface area contributed by atoms with Gasteiger partial charge in [-0.25, -0.2) is 19.7 Å². The second-order valence-corrected chi connectivity index (χ2v) is 6.62. The molecule has 1 saturated heterocycles. The number of ether oxygens (including phenoxy) is 1. The number of hydrogen-bond donors (Lipinski definition) is 1. The summed E-state index contributed by atoms with van der Waals surface area (Å²) in [5.41, 5.74) is 0.426. The normalized spacial score (nSPS) is 14.9. The van der Waals surface area contributed by atoms with E-state index in [1.54, 1.807) is 18.4 Å². The first-order chi connectivity index (χ1) is 12.6. The van der Waals surface area contributed by atoms with Crippen LogP contribution in [0.5, 0.6) is 0 Å². The van der Waals surface area contributed by atoms with Crippen LogP contribution in [0, 0.1) is 0 Å². The van der Waals surface area contributed by atoms with Gasteiger partial charge < -0.3 is 14.5 Å². The van der Waals surface area contributed by atoms with Crippen molar-refractivity contribution in [3.05, 3.63) is 29.2 Å². The van der Waals surface area contributed by atoms with Crippen LogP contribution in [-0.4, -0.2) is 71.6 Å². The van der Waals surface area contributed by atoms with Gasteiger partial charge in [-0.05, 0) is 14.0 Å². The number of piperazine rings is 1. The Bertz CT molecular complexity index is 788. The molecule has 3 heterocycles. The van der Waals surface area contributed by atoms with Crippen molar-refractivity contribution in [3.8, 4) is 0 Å². The van der Waals surface area contributed by atoms with Gasteiger partial charge in [0.05, 0.1) is 6.61 Å². The van der Waals surface area contributed by atoms with Gasteiger partial charge in [0.25, 0.3) is 5.91 Å². The molecule has 1 amide bonds. The van der Waals surface area contributed by atoms with E-state index < -0.39 is 11.9 Å². The molecule has 1 fully saturated rings. The number of anilines is 2. The van der Waals surface area contributed by atoms with Gasteiger partial charge in [0.1, 0.15) is 17.8 Å². The topological polar surface area (TPSA) is 101 Å². The predicted octanol–water partition coefficient (Wildman–Crippen LogP) is 1.11. The molecule has 138 valence electrons. The standard InChI is InChI=1S/C16H20N6O3S/c1-3-25-15(24)12-9-26-16(19-12)20-14(23)11-8-13(18-10-17-11)22-6-4-21(2)5-7-22/h8-10H,3-7H2,1-2H3,(H,19,20,23). The highest BCUT2D eigenvalue weighted by Gasteiger charge is 2.18. The lowest BCUT2D eigenvalue weighted by Crippen LogP contribution is -2.44. The van der Waals surface area contributed by atoms with E-state index in [0.717, 1.165) is 43.3 Å². The van der Waals surface area contributed by atoms with Gasteiger partial charge in [-0.1, -0.05) is 0 Å². The number of thiazole rings is 1. The molecule has 9 nitrogen and oxygen atoms in total. The second-order valence-electron chi connectivity index (χ2n) is 5.76. The molecule has 3 rings (SSSR count). The average Bonchev–Trinajstić information content (AvgIpc) is 3.11. The first-order valence-corrected chi connectivity index (χ1v) is 9.14. The van der Waals surface area contributed by atoms with Crippen molar-refractivity contribution < 1.29 is 14.3 Å². The molecule has 2 aromatic rings. The fourth-order valence-corrected chi connectivity index (χ4v) is 3.15.